The highest BCUT2D eigenvalue weighted by Gasteiger charge is 2.07. The van der Waals surface area contributed by atoms with Gasteiger partial charge in [0.25, 0.3) is 0 Å². The molecule has 6 heteroatoms. The number of carbonyl (C=O) groups excluding carboxylic acids is 1. The Morgan fingerprint density at radius 2 is 1.92 bits per heavy atom. The molecule has 3 nitrogen and oxygen atoms in total. The van der Waals surface area contributed by atoms with Crippen molar-refractivity contribution < 1.29 is 4.79 Å². The van der Waals surface area contributed by atoms with Gasteiger partial charge in [0.05, 0.1) is 15.7 Å². The van der Waals surface area contributed by atoms with Gasteiger partial charge in [-0.05, 0) is 12.1 Å². The number of carbonyl (C=O) groups is 1. The van der Waals surface area contributed by atoms with Gasteiger partial charge in [0.15, 0.2) is 0 Å². The van der Waals surface area contributed by atoms with E-state index in [4.69, 9.17) is 40.5 Å². The van der Waals surface area contributed by atoms with Gasteiger partial charge in [-0.2, -0.15) is 0 Å². The first-order valence-electron chi connectivity index (χ1n) is 3.21. The van der Waals surface area contributed by atoms with Gasteiger partial charge in [-0.15, -0.1) is 0 Å². The molecule has 3 N–H and O–H groups in total. The van der Waals surface area contributed by atoms with Crippen LogP contribution in [0.2, 0.25) is 15.1 Å². The highest BCUT2D eigenvalue weighted by atomic mass is 35.5. The molecule has 0 fully saturated rings. The second-order valence-corrected chi connectivity index (χ2v) is 3.46. The quantitative estimate of drug-likeness (QED) is 0.727. The van der Waals surface area contributed by atoms with E-state index in [0.717, 1.165) is 0 Å². The third-order valence-electron chi connectivity index (χ3n) is 1.25. The number of anilines is 1. The molecular weight excluding hydrogens is 234 g/mol. The third kappa shape index (κ3) is 2.66. The summed E-state index contributed by atoms with van der Waals surface area (Å²) >= 11 is 17.1. The molecule has 2 amide bonds. The zero-order valence-electron chi connectivity index (χ0n) is 6.27. The zero-order valence-corrected chi connectivity index (χ0v) is 8.54. The normalized spacial score (nSPS) is 9.77. The molecule has 1 aromatic rings. The molecule has 0 radical (unpaired) electrons. The van der Waals surface area contributed by atoms with Crippen LogP contribution >= 0.6 is 34.8 Å². The number of primary amides is 1. The largest absolute Gasteiger partial charge is 0.351 e. The lowest BCUT2D eigenvalue weighted by Crippen LogP contribution is -2.19. The van der Waals surface area contributed by atoms with Crippen molar-refractivity contribution in [1.29, 1.82) is 0 Å². The number of amides is 2. The van der Waals surface area contributed by atoms with Crippen LogP contribution in [0, 0.1) is 0 Å². The Kier molecular flexibility index (Phi) is 3.25. The molecule has 13 heavy (non-hydrogen) atoms. The van der Waals surface area contributed by atoms with E-state index in [-0.39, 0.29) is 10.0 Å². The van der Waals surface area contributed by atoms with E-state index in [1.54, 1.807) is 0 Å². The Morgan fingerprint density at radius 3 is 2.46 bits per heavy atom. The molecule has 0 saturated heterocycles. The van der Waals surface area contributed by atoms with Crippen LogP contribution in [0.15, 0.2) is 12.1 Å². The van der Waals surface area contributed by atoms with Gasteiger partial charge >= 0.3 is 6.03 Å². The van der Waals surface area contributed by atoms with Crippen LogP contribution in [0.1, 0.15) is 0 Å². The average Bonchev–Trinajstić information content (AvgIpc) is 1.98. The van der Waals surface area contributed by atoms with E-state index in [1.807, 2.05) is 0 Å². The SMILES string of the molecule is NC(=O)Nc1cc(Cl)cc(Cl)c1Cl. The molecule has 0 spiro atoms. The van der Waals surface area contributed by atoms with Gasteiger partial charge < -0.3 is 11.1 Å². The first-order chi connectivity index (χ1) is 6.00. The summed E-state index contributed by atoms with van der Waals surface area (Å²) in [6.07, 6.45) is 0. The first-order valence-corrected chi connectivity index (χ1v) is 4.35. The van der Waals surface area contributed by atoms with E-state index in [2.05, 4.69) is 5.32 Å². The monoisotopic (exact) mass is 238 g/mol. The predicted molar refractivity (Wildman–Crippen MR) is 54.7 cm³/mol. The molecule has 0 aromatic heterocycles. The predicted octanol–water partition coefficient (Wildman–Crippen LogP) is 3.14. The van der Waals surface area contributed by atoms with Crippen molar-refractivity contribution in [2.24, 2.45) is 5.73 Å². The van der Waals surface area contributed by atoms with Gasteiger partial charge in [0, 0.05) is 5.02 Å². The highest BCUT2D eigenvalue weighted by Crippen LogP contribution is 2.33. The summed E-state index contributed by atoms with van der Waals surface area (Å²) in [4.78, 5) is 10.5. The van der Waals surface area contributed by atoms with Crippen LogP contribution in [-0.4, -0.2) is 6.03 Å². The summed E-state index contributed by atoms with van der Waals surface area (Å²) in [5.74, 6) is 0. The van der Waals surface area contributed by atoms with Gasteiger partial charge in [0.1, 0.15) is 0 Å². The minimum Gasteiger partial charge on any atom is -0.351 e. The first kappa shape index (κ1) is 10.4. The average molecular weight is 239 g/mol. The maximum atomic E-state index is 10.5. The van der Waals surface area contributed by atoms with Crippen molar-refractivity contribution in [3.63, 3.8) is 0 Å². The second kappa shape index (κ2) is 4.05. The van der Waals surface area contributed by atoms with Crippen molar-refractivity contribution in [3.05, 3.63) is 27.2 Å². The van der Waals surface area contributed by atoms with E-state index in [0.29, 0.717) is 10.7 Å². The highest BCUT2D eigenvalue weighted by molar-refractivity contribution is 6.45. The van der Waals surface area contributed by atoms with Crippen molar-refractivity contribution in [2.45, 2.75) is 0 Å². The lowest BCUT2D eigenvalue weighted by molar-refractivity contribution is 0.259. The van der Waals surface area contributed by atoms with Gasteiger partial charge in [-0.3, -0.25) is 0 Å². The molecule has 0 aliphatic heterocycles. The minimum atomic E-state index is -0.722. The molecule has 0 bridgehead atoms. The maximum Gasteiger partial charge on any atom is 0.316 e. The smallest absolute Gasteiger partial charge is 0.316 e. The fourth-order valence-corrected chi connectivity index (χ4v) is 1.43. The van der Waals surface area contributed by atoms with E-state index in [1.165, 1.54) is 12.1 Å². The topological polar surface area (TPSA) is 55.1 Å². The number of halogens is 3. The number of nitrogens with two attached hydrogens (primary N) is 1. The molecule has 70 valence electrons. The van der Waals surface area contributed by atoms with Crippen molar-refractivity contribution >= 4 is 46.5 Å². The van der Waals surface area contributed by atoms with Gasteiger partial charge in [0.2, 0.25) is 0 Å². The van der Waals surface area contributed by atoms with Crippen molar-refractivity contribution in [1.82, 2.24) is 0 Å². The van der Waals surface area contributed by atoms with Gasteiger partial charge in [-0.25, -0.2) is 4.79 Å². The molecular formula is C7H5Cl3N2O. The molecule has 0 unspecified atom stereocenters. The van der Waals surface area contributed by atoms with E-state index in [9.17, 15) is 4.79 Å². The zero-order chi connectivity index (χ0) is 10.0. The molecule has 0 saturated carbocycles. The number of nitrogens with one attached hydrogen (secondary N) is 1. The van der Waals surface area contributed by atoms with Crippen LogP contribution in [0.5, 0.6) is 0 Å². The Bertz CT molecular complexity index is 354. The number of hydrogen-bond acceptors (Lipinski definition) is 1. The number of urea groups is 1. The molecule has 1 rings (SSSR count). The Labute approximate surface area is 89.8 Å². The standard InChI is InChI=1S/C7H5Cl3N2O/c8-3-1-4(9)6(10)5(2-3)12-7(11)13/h1-2H,(H3,11,12,13). The molecule has 0 aliphatic carbocycles. The number of hydrogen-bond donors (Lipinski definition) is 2. The molecule has 0 heterocycles. The Hall–Kier alpha value is -0.640. The summed E-state index contributed by atoms with van der Waals surface area (Å²) in [6, 6.07) is 2.21. The second-order valence-electron chi connectivity index (χ2n) is 2.24. The van der Waals surface area contributed by atoms with E-state index >= 15 is 0 Å². The maximum absolute atomic E-state index is 10.5. The van der Waals surface area contributed by atoms with Crippen molar-refractivity contribution in [2.75, 3.05) is 5.32 Å². The number of rotatable bonds is 1. The molecule has 0 atom stereocenters. The van der Waals surface area contributed by atoms with E-state index < -0.39 is 6.03 Å². The summed E-state index contributed by atoms with van der Waals surface area (Å²) in [5, 5.41) is 3.14. The Balaban J connectivity index is 3.12. The van der Waals surface area contributed by atoms with Crippen LogP contribution in [-0.2, 0) is 0 Å². The third-order valence-corrected chi connectivity index (χ3v) is 2.27. The molecule has 1 aromatic carbocycles. The van der Waals surface area contributed by atoms with Crippen LogP contribution in [0.4, 0.5) is 10.5 Å². The summed E-state index contributed by atoms with van der Waals surface area (Å²) in [7, 11) is 0. The van der Waals surface area contributed by atoms with Crippen LogP contribution in [0.3, 0.4) is 0 Å². The summed E-state index contributed by atoms with van der Waals surface area (Å²) in [6.45, 7) is 0. The van der Waals surface area contributed by atoms with Crippen LogP contribution in [0.25, 0.3) is 0 Å². The van der Waals surface area contributed by atoms with Gasteiger partial charge in [-0.1, -0.05) is 34.8 Å². The Morgan fingerprint density at radius 1 is 1.31 bits per heavy atom. The minimum absolute atomic E-state index is 0.213. The fraction of sp³-hybridized carbons (Fsp3) is 0. The lowest BCUT2D eigenvalue weighted by Gasteiger charge is -2.06. The number of benzene rings is 1. The summed E-state index contributed by atoms with van der Waals surface area (Å²) in [5.41, 5.74) is 5.20. The fourth-order valence-electron chi connectivity index (χ4n) is 0.780. The molecule has 0 aliphatic rings. The van der Waals surface area contributed by atoms with Crippen LogP contribution < -0.4 is 11.1 Å². The lowest BCUT2D eigenvalue weighted by atomic mass is 10.3. The summed E-state index contributed by atoms with van der Waals surface area (Å²) < 4.78 is 0. The van der Waals surface area contributed by atoms with Crippen molar-refractivity contribution in [3.8, 4) is 0 Å².